The Labute approximate surface area is 87.0 Å². The van der Waals surface area contributed by atoms with E-state index in [2.05, 4.69) is 6.92 Å². The molecule has 0 heterocycles. The molecule has 0 spiro atoms. The molecule has 0 bridgehead atoms. The van der Waals surface area contributed by atoms with Crippen molar-refractivity contribution in [2.45, 2.75) is 58.0 Å². The largest absolute Gasteiger partial charge is 0.267 e. The molecule has 0 saturated heterocycles. The van der Waals surface area contributed by atoms with E-state index in [-0.39, 0.29) is 11.9 Å². The molecule has 0 aliphatic heterocycles. The first kappa shape index (κ1) is 12.0. The molecule has 84 valence electrons. The van der Waals surface area contributed by atoms with Crippen LogP contribution in [0.25, 0.3) is 0 Å². The highest BCUT2D eigenvalue weighted by Crippen LogP contribution is 2.22. The second kappa shape index (κ2) is 5.71. The summed E-state index contributed by atoms with van der Waals surface area (Å²) < 4.78 is 28.0. The predicted molar refractivity (Wildman–Crippen MR) is 56.7 cm³/mol. The third-order valence-electron chi connectivity index (χ3n) is 2.58. The van der Waals surface area contributed by atoms with E-state index in [0.717, 1.165) is 44.9 Å². The Morgan fingerprint density at radius 2 is 1.86 bits per heavy atom. The lowest BCUT2D eigenvalue weighted by Crippen LogP contribution is -2.17. The van der Waals surface area contributed by atoms with Crippen LogP contribution in [0, 0.1) is 0 Å². The summed E-state index contributed by atoms with van der Waals surface area (Å²) in [5.41, 5.74) is 0. The molecule has 0 amide bonds. The van der Waals surface area contributed by atoms with Crippen molar-refractivity contribution in [3.8, 4) is 0 Å². The van der Waals surface area contributed by atoms with E-state index in [1.54, 1.807) is 0 Å². The third-order valence-corrected chi connectivity index (χ3v) is 3.94. The molecule has 0 atom stereocenters. The molecule has 3 nitrogen and oxygen atoms in total. The number of hydrogen-bond acceptors (Lipinski definition) is 3. The van der Waals surface area contributed by atoms with Crippen LogP contribution < -0.4 is 0 Å². The smallest absolute Gasteiger partial charge is 0.267 e. The van der Waals surface area contributed by atoms with Crippen LogP contribution in [0.1, 0.15) is 51.9 Å². The number of unbranched alkanes of at least 4 members (excludes halogenated alkanes) is 2. The molecule has 1 fully saturated rings. The van der Waals surface area contributed by atoms with Gasteiger partial charge in [0.25, 0.3) is 10.1 Å². The highest BCUT2D eigenvalue weighted by atomic mass is 32.2. The summed E-state index contributed by atoms with van der Waals surface area (Å²) in [6, 6.07) is 0. The van der Waals surface area contributed by atoms with Crippen LogP contribution in [0.2, 0.25) is 0 Å². The maximum Gasteiger partial charge on any atom is 0.267 e. The van der Waals surface area contributed by atoms with Crippen molar-refractivity contribution in [2.75, 3.05) is 5.75 Å². The molecule has 1 rings (SSSR count). The summed E-state index contributed by atoms with van der Waals surface area (Å²) >= 11 is 0. The molecule has 0 aromatic heterocycles. The van der Waals surface area contributed by atoms with Crippen LogP contribution in [0.15, 0.2) is 0 Å². The van der Waals surface area contributed by atoms with Gasteiger partial charge in [0.1, 0.15) is 0 Å². The van der Waals surface area contributed by atoms with Crippen LogP contribution in [0.5, 0.6) is 0 Å². The highest BCUT2D eigenvalue weighted by Gasteiger charge is 2.22. The molecular weight excluding hydrogens is 200 g/mol. The minimum Gasteiger partial charge on any atom is -0.267 e. The van der Waals surface area contributed by atoms with Crippen molar-refractivity contribution in [3.63, 3.8) is 0 Å². The fourth-order valence-electron chi connectivity index (χ4n) is 1.77. The molecule has 1 aliphatic carbocycles. The van der Waals surface area contributed by atoms with Gasteiger partial charge in [-0.2, -0.15) is 8.42 Å². The second-order valence-corrected chi connectivity index (χ2v) is 5.69. The number of rotatable bonds is 6. The lowest BCUT2D eigenvalue weighted by molar-refractivity contribution is 0.217. The van der Waals surface area contributed by atoms with E-state index in [1.807, 2.05) is 0 Å². The van der Waals surface area contributed by atoms with Gasteiger partial charge in [-0.3, -0.25) is 4.18 Å². The molecule has 0 aromatic carbocycles. The van der Waals surface area contributed by atoms with Crippen LogP contribution >= 0.6 is 0 Å². The summed E-state index contributed by atoms with van der Waals surface area (Å²) in [6.45, 7) is 2.06. The summed E-state index contributed by atoms with van der Waals surface area (Å²) in [6.07, 6.45) is 6.74. The van der Waals surface area contributed by atoms with Crippen molar-refractivity contribution in [2.24, 2.45) is 0 Å². The Balaban J connectivity index is 2.26. The average molecular weight is 220 g/mol. The molecule has 0 radical (unpaired) electrons. The first-order valence-electron chi connectivity index (χ1n) is 5.55. The Bertz CT molecular complexity index is 240. The average Bonchev–Trinajstić information content (AvgIpc) is 2.56. The van der Waals surface area contributed by atoms with Gasteiger partial charge in [-0.15, -0.1) is 0 Å². The number of hydrogen-bond donors (Lipinski definition) is 0. The zero-order chi connectivity index (χ0) is 10.4. The second-order valence-electron chi connectivity index (χ2n) is 3.97. The maximum absolute atomic E-state index is 11.4. The minimum absolute atomic E-state index is 0.0263. The van der Waals surface area contributed by atoms with Gasteiger partial charge in [-0.25, -0.2) is 0 Å². The molecule has 0 aromatic rings. The van der Waals surface area contributed by atoms with Gasteiger partial charge < -0.3 is 0 Å². The van der Waals surface area contributed by atoms with E-state index in [4.69, 9.17) is 4.18 Å². The van der Waals surface area contributed by atoms with Crippen molar-refractivity contribution < 1.29 is 12.6 Å². The van der Waals surface area contributed by atoms with Crippen molar-refractivity contribution >= 4 is 10.1 Å². The topological polar surface area (TPSA) is 43.4 Å². The van der Waals surface area contributed by atoms with Gasteiger partial charge in [0.05, 0.1) is 11.9 Å². The summed E-state index contributed by atoms with van der Waals surface area (Å²) in [5.74, 6) is 0.192. The van der Waals surface area contributed by atoms with Crippen molar-refractivity contribution in [1.29, 1.82) is 0 Å². The monoisotopic (exact) mass is 220 g/mol. The van der Waals surface area contributed by atoms with Gasteiger partial charge >= 0.3 is 0 Å². The van der Waals surface area contributed by atoms with Crippen LogP contribution in [-0.2, 0) is 14.3 Å². The first-order valence-corrected chi connectivity index (χ1v) is 7.13. The van der Waals surface area contributed by atoms with E-state index < -0.39 is 10.1 Å². The first-order chi connectivity index (χ1) is 6.64. The van der Waals surface area contributed by atoms with Crippen LogP contribution in [-0.4, -0.2) is 20.3 Å². The Kier molecular flexibility index (Phi) is 4.89. The summed E-state index contributed by atoms with van der Waals surface area (Å²) in [4.78, 5) is 0. The zero-order valence-electron chi connectivity index (χ0n) is 8.87. The minimum atomic E-state index is -3.24. The SMILES string of the molecule is CCCCCS(=O)(=O)OC1CCCC1. The Morgan fingerprint density at radius 1 is 1.21 bits per heavy atom. The van der Waals surface area contributed by atoms with E-state index in [1.165, 1.54) is 0 Å². The molecular formula is C10H20O3S. The van der Waals surface area contributed by atoms with E-state index >= 15 is 0 Å². The highest BCUT2D eigenvalue weighted by molar-refractivity contribution is 7.86. The fourth-order valence-corrected chi connectivity index (χ4v) is 3.03. The van der Waals surface area contributed by atoms with Crippen LogP contribution in [0.3, 0.4) is 0 Å². The van der Waals surface area contributed by atoms with Gasteiger partial charge in [0, 0.05) is 0 Å². The summed E-state index contributed by atoms with van der Waals surface area (Å²) in [5, 5.41) is 0. The molecule has 14 heavy (non-hydrogen) atoms. The van der Waals surface area contributed by atoms with Gasteiger partial charge in [-0.1, -0.05) is 32.6 Å². The molecule has 1 saturated carbocycles. The van der Waals surface area contributed by atoms with Gasteiger partial charge in [0.2, 0.25) is 0 Å². The van der Waals surface area contributed by atoms with Crippen molar-refractivity contribution in [3.05, 3.63) is 0 Å². The van der Waals surface area contributed by atoms with Gasteiger partial charge in [0.15, 0.2) is 0 Å². The lowest BCUT2D eigenvalue weighted by Gasteiger charge is -2.10. The fraction of sp³-hybridized carbons (Fsp3) is 1.00. The predicted octanol–water partition coefficient (Wildman–Crippen LogP) is 2.47. The summed E-state index contributed by atoms with van der Waals surface area (Å²) in [7, 11) is -3.24. The normalized spacial score (nSPS) is 18.9. The van der Waals surface area contributed by atoms with E-state index in [0.29, 0.717) is 0 Å². The molecule has 0 unspecified atom stereocenters. The standard InChI is InChI=1S/C10H20O3S/c1-2-3-6-9-14(11,12)13-10-7-4-5-8-10/h10H,2-9H2,1H3. The molecule has 0 N–H and O–H groups in total. The molecule has 4 heteroatoms. The molecule has 1 aliphatic rings. The Hall–Kier alpha value is -0.0900. The van der Waals surface area contributed by atoms with Gasteiger partial charge in [-0.05, 0) is 19.3 Å². The maximum atomic E-state index is 11.4. The Morgan fingerprint density at radius 3 is 2.43 bits per heavy atom. The van der Waals surface area contributed by atoms with Crippen molar-refractivity contribution in [1.82, 2.24) is 0 Å². The zero-order valence-corrected chi connectivity index (χ0v) is 9.68. The third kappa shape index (κ3) is 4.42. The lowest BCUT2D eigenvalue weighted by atomic mass is 10.3. The van der Waals surface area contributed by atoms with Crippen LogP contribution in [0.4, 0.5) is 0 Å². The quantitative estimate of drug-likeness (QED) is 0.510. The van der Waals surface area contributed by atoms with E-state index in [9.17, 15) is 8.42 Å².